The largest absolute Gasteiger partial charge is 0.329 e. The quantitative estimate of drug-likeness (QED) is 0.770. The van der Waals surface area contributed by atoms with Gasteiger partial charge in [-0.25, -0.2) is 4.98 Å². The van der Waals surface area contributed by atoms with Gasteiger partial charge in [-0.15, -0.1) is 0 Å². The Balaban J connectivity index is 2.49. The Morgan fingerprint density at radius 1 is 1.46 bits per heavy atom. The van der Waals surface area contributed by atoms with E-state index in [1.807, 2.05) is 7.05 Å². The van der Waals surface area contributed by atoms with Crippen LogP contribution in [-0.2, 0) is 6.54 Å². The van der Waals surface area contributed by atoms with Crippen molar-refractivity contribution < 1.29 is 0 Å². The highest BCUT2D eigenvalue weighted by molar-refractivity contribution is 6.29. The standard InChI is InChI=1S/C8H13ClN4/c1-13(3-2-10)6-7-4-12-8(9)5-11-7/h4-5H,2-3,6,10H2,1H3. The lowest BCUT2D eigenvalue weighted by Crippen LogP contribution is -2.25. The van der Waals surface area contributed by atoms with Gasteiger partial charge in [-0.1, -0.05) is 11.6 Å². The first-order valence-corrected chi connectivity index (χ1v) is 4.45. The van der Waals surface area contributed by atoms with Crippen LogP contribution in [0.15, 0.2) is 12.4 Å². The molecule has 0 aliphatic rings. The van der Waals surface area contributed by atoms with Gasteiger partial charge in [0.15, 0.2) is 0 Å². The highest BCUT2D eigenvalue weighted by atomic mass is 35.5. The topological polar surface area (TPSA) is 55.0 Å². The molecule has 1 heterocycles. The van der Waals surface area contributed by atoms with Crippen molar-refractivity contribution in [3.8, 4) is 0 Å². The van der Waals surface area contributed by atoms with Gasteiger partial charge in [-0.3, -0.25) is 9.88 Å². The zero-order valence-electron chi connectivity index (χ0n) is 7.57. The minimum absolute atomic E-state index is 0.422. The predicted octanol–water partition coefficient (Wildman–Crippen LogP) is 0.521. The Morgan fingerprint density at radius 2 is 2.23 bits per heavy atom. The summed E-state index contributed by atoms with van der Waals surface area (Å²) in [5.41, 5.74) is 6.31. The zero-order valence-corrected chi connectivity index (χ0v) is 8.33. The fourth-order valence-electron chi connectivity index (χ4n) is 0.997. The molecule has 13 heavy (non-hydrogen) atoms. The van der Waals surface area contributed by atoms with Crippen LogP contribution in [0.3, 0.4) is 0 Å². The van der Waals surface area contributed by atoms with Crippen LogP contribution in [0.4, 0.5) is 0 Å². The molecule has 0 aliphatic carbocycles. The molecule has 0 saturated heterocycles. The lowest BCUT2D eigenvalue weighted by Gasteiger charge is -2.13. The van der Waals surface area contributed by atoms with Crippen molar-refractivity contribution in [3.63, 3.8) is 0 Å². The molecular formula is C8H13ClN4. The second-order valence-corrected chi connectivity index (χ2v) is 3.24. The van der Waals surface area contributed by atoms with E-state index in [0.29, 0.717) is 11.7 Å². The number of hydrogen-bond acceptors (Lipinski definition) is 4. The average Bonchev–Trinajstić information content (AvgIpc) is 2.09. The molecule has 0 saturated carbocycles. The van der Waals surface area contributed by atoms with Crippen molar-refractivity contribution in [3.05, 3.63) is 23.2 Å². The normalized spacial score (nSPS) is 10.8. The summed E-state index contributed by atoms with van der Waals surface area (Å²) >= 11 is 5.60. The maximum absolute atomic E-state index is 5.60. The highest BCUT2D eigenvalue weighted by Crippen LogP contribution is 2.02. The average molecular weight is 201 g/mol. The summed E-state index contributed by atoms with van der Waals surface area (Å²) in [4.78, 5) is 10.1. The van der Waals surface area contributed by atoms with Crippen molar-refractivity contribution in [2.24, 2.45) is 5.73 Å². The fraction of sp³-hybridized carbons (Fsp3) is 0.500. The Kier molecular flexibility index (Phi) is 4.08. The molecule has 0 bridgehead atoms. The number of likely N-dealkylation sites (N-methyl/N-ethyl adjacent to an activating group) is 1. The van der Waals surface area contributed by atoms with E-state index >= 15 is 0 Å². The van der Waals surface area contributed by atoms with E-state index in [1.54, 1.807) is 12.4 Å². The molecule has 1 aromatic rings. The molecule has 0 aromatic carbocycles. The van der Waals surface area contributed by atoms with E-state index in [-0.39, 0.29) is 0 Å². The maximum atomic E-state index is 5.60. The summed E-state index contributed by atoms with van der Waals surface area (Å²) in [6.45, 7) is 2.25. The second kappa shape index (κ2) is 5.11. The minimum atomic E-state index is 0.422. The van der Waals surface area contributed by atoms with Gasteiger partial charge in [0.2, 0.25) is 0 Å². The van der Waals surface area contributed by atoms with Crippen LogP contribution in [-0.4, -0.2) is 35.0 Å². The van der Waals surface area contributed by atoms with E-state index in [2.05, 4.69) is 14.9 Å². The van der Waals surface area contributed by atoms with Crippen LogP contribution < -0.4 is 5.73 Å². The molecule has 1 rings (SSSR count). The van der Waals surface area contributed by atoms with E-state index in [0.717, 1.165) is 18.8 Å². The molecule has 1 aromatic heterocycles. The van der Waals surface area contributed by atoms with Gasteiger partial charge in [0, 0.05) is 19.6 Å². The molecule has 72 valence electrons. The van der Waals surface area contributed by atoms with Gasteiger partial charge in [-0.2, -0.15) is 0 Å². The third-order valence-electron chi connectivity index (χ3n) is 1.62. The number of nitrogens with zero attached hydrogens (tertiary/aromatic N) is 3. The highest BCUT2D eigenvalue weighted by Gasteiger charge is 2.00. The molecule has 0 atom stereocenters. The molecular weight excluding hydrogens is 188 g/mol. The molecule has 0 radical (unpaired) electrons. The van der Waals surface area contributed by atoms with Crippen LogP contribution in [0.1, 0.15) is 5.69 Å². The van der Waals surface area contributed by atoms with Crippen LogP contribution in [0.5, 0.6) is 0 Å². The van der Waals surface area contributed by atoms with Crippen molar-refractivity contribution in [1.29, 1.82) is 0 Å². The Morgan fingerprint density at radius 3 is 2.77 bits per heavy atom. The van der Waals surface area contributed by atoms with Crippen molar-refractivity contribution in [2.45, 2.75) is 6.54 Å². The van der Waals surface area contributed by atoms with Gasteiger partial charge in [0.25, 0.3) is 0 Å². The zero-order chi connectivity index (χ0) is 9.68. The summed E-state index contributed by atoms with van der Waals surface area (Å²) < 4.78 is 0. The third kappa shape index (κ3) is 3.67. The van der Waals surface area contributed by atoms with E-state index in [1.165, 1.54) is 0 Å². The van der Waals surface area contributed by atoms with E-state index in [9.17, 15) is 0 Å². The Hall–Kier alpha value is -0.710. The van der Waals surface area contributed by atoms with Crippen molar-refractivity contribution in [2.75, 3.05) is 20.1 Å². The number of hydrogen-bond donors (Lipinski definition) is 1. The Bertz CT molecular complexity index is 249. The maximum Gasteiger partial charge on any atom is 0.147 e. The molecule has 0 spiro atoms. The van der Waals surface area contributed by atoms with Gasteiger partial charge in [0.05, 0.1) is 18.1 Å². The van der Waals surface area contributed by atoms with Gasteiger partial charge < -0.3 is 5.73 Å². The molecule has 0 amide bonds. The molecule has 5 heteroatoms. The van der Waals surface area contributed by atoms with E-state index < -0.39 is 0 Å². The number of nitrogens with two attached hydrogens (primary N) is 1. The van der Waals surface area contributed by atoms with Crippen molar-refractivity contribution >= 4 is 11.6 Å². The summed E-state index contributed by atoms with van der Waals surface area (Å²) in [7, 11) is 1.99. The number of aromatic nitrogens is 2. The third-order valence-corrected chi connectivity index (χ3v) is 1.81. The van der Waals surface area contributed by atoms with Crippen molar-refractivity contribution in [1.82, 2.24) is 14.9 Å². The molecule has 0 unspecified atom stereocenters. The van der Waals surface area contributed by atoms with Gasteiger partial charge >= 0.3 is 0 Å². The smallest absolute Gasteiger partial charge is 0.147 e. The first-order valence-electron chi connectivity index (χ1n) is 4.07. The summed E-state index contributed by atoms with van der Waals surface area (Å²) in [5, 5.41) is 0.422. The molecule has 2 N–H and O–H groups in total. The van der Waals surface area contributed by atoms with E-state index in [4.69, 9.17) is 17.3 Å². The first kappa shape index (κ1) is 10.4. The minimum Gasteiger partial charge on any atom is -0.329 e. The summed E-state index contributed by atoms with van der Waals surface area (Å²) in [6, 6.07) is 0. The van der Waals surface area contributed by atoms with Gasteiger partial charge in [-0.05, 0) is 7.05 Å². The SMILES string of the molecule is CN(CCN)Cc1cnc(Cl)cn1. The lowest BCUT2D eigenvalue weighted by molar-refractivity contribution is 0.331. The second-order valence-electron chi connectivity index (χ2n) is 2.86. The monoisotopic (exact) mass is 200 g/mol. The summed E-state index contributed by atoms with van der Waals surface area (Å²) in [6.07, 6.45) is 3.22. The van der Waals surface area contributed by atoms with Crippen LogP contribution >= 0.6 is 11.6 Å². The van der Waals surface area contributed by atoms with Crippen LogP contribution in [0, 0.1) is 0 Å². The molecule has 0 aliphatic heterocycles. The number of halogens is 1. The molecule has 4 nitrogen and oxygen atoms in total. The number of rotatable bonds is 4. The Labute approximate surface area is 82.7 Å². The lowest BCUT2D eigenvalue weighted by atomic mass is 10.4. The van der Waals surface area contributed by atoms with Crippen LogP contribution in [0.2, 0.25) is 5.15 Å². The summed E-state index contributed by atoms with van der Waals surface area (Å²) in [5.74, 6) is 0. The molecule has 0 fully saturated rings. The predicted molar refractivity (Wildman–Crippen MR) is 52.4 cm³/mol. The first-order chi connectivity index (χ1) is 6.22. The van der Waals surface area contributed by atoms with Crippen LogP contribution in [0.25, 0.3) is 0 Å². The van der Waals surface area contributed by atoms with Gasteiger partial charge in [0.1, 0.15) is 5.15 Å². The fourth-order valence-corrected chi connectivity index (χ4v) is 1.09.